The summed E-state index contributed by atoms with van der Waals surface area (Å²) in [4.78, 5) is 11.7. The lowest BCUT2D eigenvalue weighted by molar-refractivity contribution is -0.125. The molecule has 0 aliphatic heterocycles. The van der Waals surface area contributed by atoms with E-state index in [2.05, 4.69) is 17.6 Å². The number of hydrogen-bond acceptors (Lipinski definition) is 2. The van der Waals surface area contributed by atoms with E-state index in [0.29, 0.717) is 12.0 Å². The van der Waals surface area contributed by atoms with Gasteiger partial charge in [-0.05, 0) is 25.8 Å². The molecular formula is C11H22N2O. The van der Waals surface area contributed by atoms with Gasteiger partial charge in [0.05, 0.1) is 0 Å². The molecule has 1 fully saturated rings. The van der Waals surface area contributed by atoms with Crippen LogP contribution in [-0.2, 0) is 4.79 Å². The molecule has 0 heterocycles. The second kappa shape index (κ2) is 5.35. The van der Waals surface area contributed by atoms with Gasteiger partial charge in [-0.1, -0.05) is 20.3 Å². The van der Waals surface area contributed by atoms with Crippen LogP contribution in [0.3, 0.4) is 0 Å². The number of carbonyl (C=O) groups excluding carboxylic acids is 1. The van der Waals surface area contributed by atoms with Crippen LogP contribution in [0.25, 0.3) is 0 Å². The van der Waals surface area contributed by atoms with Gasteiger partial charge in [-0.3, -0.25) is 4.79 Å². The molecular weight excluding hydrogens is 176 g/mol. The zero-order valence-electron chi connectivity index (χ0n) is 9.47. The first-order chi connectivity index (χ1) is 6.65. The van der Waals surface area contributed by atoms with Crippen LogP contribution in [0.15, 0.2) is 0 Å². The number of amides is 1. The molecule has 0 radical (unpaired) electrons. The zero-order valence-corrected chi connectivity index (χ0v) is 9.47. The van der Waals surface area contributed by atoms with E-state index in [1.165, 1.54) is 12.8 Å². The van der Waals surface area contributed by atoms with Crippen molar-refractivity contribution in [1.29, 1.82) is 0 Å². The van der Waals surface area contributed by atoms with E-state index in [4.69, 9.17) is 0 Å². The lowest BCUT2D eigenvalue weighted by atomic mass is 10.0. The minimum atomic E-state index is 0.0767. The third-order valence-corrected chi connectivity index (χ3v) is 3.15. The molecule has 2 N–H and O–H groups in total. The number of carbonyl (C=O) groups is 1. The van der Waals surface area contributed by atoms with E-state index in [1.807, 2.05) is 14.0 Å². The van der Waals surface area contributed by atoms with Crippen LogP contribution in [0.2, 0.25) is 0 Å². The summed E-state index contributed by atoms with van der Waals surface area (Å²) in [5.74, 6) is 0.923. The van der Waals surface area contributed by atoms with Gasteiger partial charge in [-0.2, -0.15) is 0 Å². The lowest BCUT2D eigenvalue weighted by Crippen LogP contribution is -2.41. The molecule has 82 valence electrons. The fourth-order valence-corrected chi connectivity index (χ4v) is 2.08. The molecule has 0 aromatic rings. The second-order valence-electron chi connectivity index (χ2n) is 4.48. The predicted molar refractivity (Wildman–Crippen MR) is 58.0 cm³/mol. The molecule has 1 saturated carbocycles. The largest absolute Gasteiger partial charge is 0.353 e. The monoisotopic (exact) mass is 198 g/mol. The molecule has 0 bridgehead atoms. The van der Waals surface area contributed by atoms with Crippen molar-refractivity contribution in [1.82, 2.24) is 10.6 Å². The first-order valence-corrected chi connectivity index (χ1v) is 5.60. The maximum atomic E-state index is 11.7. The van der Waals surface area contributed by atoms with Gasteiger partial charge in [-0.25, -0.2) is 0 Å². The highest BCUT2D eigenvalue weighted by Gasteiger charge is 2.25. The summed E-state index contributed by atoms with van der Waals surface area (Å²) in [6.07, 6.45) is 3.66. The van der Waals surface area contributed by atoms with E-state index in [1.54, 1.807) is 0 Å². The van der Waals surface area contributed by atoms with Gasteiger partial charge in [0.1, 0.15) is 0 Å². The number of rotatable bonds is 4. The fraction of sp³-hybridized carbons (Fsp3) is 0.909. The summed E-state index contributed by atoms with van der Waals surface area (Å²) in [5, 5.41) is 6.16. The normalized spacial score (nSPS) is 28.8. The molecule has 1 aliphatic carbocycles. The lowest BCUT2D eigenvalue weighted by Gasteiger charge is -2.20. The van der Waals surface area contributed by atoms with Crippen LogP contribution in [0, 0.1) is 11.8 Å². The van der Waals surface area contributed by atoms with Crippen molar-refractivity contribution in [3.63, 3.8) is 0 Å². The molecule has 1 rings (SSSR count). The Morgan fingerprint density at radius 3 is 2.71 bits per heavy atom. The van der Waals surface area contributed by atoms with E-state index >= 15 is 0 Å². The molecule has 3 nitrogen and oxygen atoms in total. The van der Waals surface area contributed by atoms with Crippen molar-refractivity contribution < 1.29 is 4.79 Å². The zero-order chi connectivity index (χ0) is 10.6. The molecule has 14 heavy (non-hydrogen) atoms. The molecule has 0 aromatic carbocycles. The average Bonchev–Trinajstić information content (AvgIpc) is 2.52. The van der Waals surface area contributed by atoms with Crippen molar-refractivity contribution in [3.8, 4) is 0 Å². The maximum absolute atomic E-state index is 11.7. The quantitative estimate of drug-likeness (QED) is 0.711. The molecule has 3 unspecified atom stereocenters. The standard InChI is InChI=1S/C11H22N2O/c1-8-5-4-6-10(8)13-11(14)9(2)7-12-3/h8-10,12H,4-7H2,1-3H3,(H,13,14). The Labute approximate surface area is 86.6 Å². The first kappa shape index (κ1) is 11.5. The van der Waals surface area contributed by atoms with Gasteiger partial charge in [0.2, 0.25) is 5.91 Å². The Hall–Kier alpha value is -0.570. The Kier molecular flexibility index (Phi) is 4.39. The minimum absolute atomic E-state index is 0.0767. The Balaban J connectivity index is 2.32. The SMILES string of the molecule is CNCC(C)C(=O)NC1CCCC1C. The molecule has 1 aliphatic rings. The minimum Gasteiger partial charge on any atom is -0.353 e. The molecule has 0 saturated heterocycles. The second-order valence-corrected chi connectivity index (χ2v) is 4.48. The smallest absolute Gasteiger partial charge is 0.224 e. The number of nitrogens with one attached hydrogen (secondary N) is 2. The summed E-state index contributed by atoms with van der Waals surface area (Å²) in [5.41, 5.74) is 0. The van der Waals surface area contributed by atoms with Crippen LogP contribution >= 0.6 is 0 Å². The Bertz CT molecular complexity index is 194. The average molecular weight is 198 g/mol. The van der Waals surface area contributed by atoms with Crippen LogP contribution in [0.4, 0.5) is 0 Å². The third kappa shape index (κ3) is 2.98. The molecule has 3 atom stereocenters. The predicted octanol–water partition coefficient (Wildman–Crippen LogP) is 1.15. The van der Waals surface area contributed by atoms with Gasteiger partial charge in [0.15, 0.2) is 0 Å². The molecule has 3 heteroatoms. The van der Waals surface area contributed by atoms with Gasteiger partial charge in [0, 0.05) is 18.5 Å². The van der Waals surface area contributed by atoms with Gasteiger partial charge in [-0.15, -0.1) is 0 Å². The van der Waals surface area contributed by atoms with Crippen LogP contribution in [0.1, 0.15) is 33.1 Å². The van der Waals surface area contributed by atoms with Crippen LogP contribution in [-0.4, -0.2) is 25.5 Å². The van der Waals surface area contributed by atoms with Gasteiger partial charge in [0.25, 0.3) is 0 Å². The molecule has 0 spiro atoms. The van der Waals surface area contributed by atoms with Crippen LogP contribution < -0.4 is 10.6 Å². The van der Waals surface area contributed by atoms with Gasteiger partial charge >= 0.3 is 0 Å². The van der Waals surface area contributed by atoms with Crippen molar-refractivity contribution in [2.24, 2.45) is 11.8 Å². The topological polar surface area (TPSA) is 41.1 Å². The first-order valence-electron chi connectivity index (χ1n) is 5.60. The third-order valence-electron chi connectivity index (χ3n) is 3.15. The highest BCUT2D eigenvalue weighted by atomic mass is 16.1. The Morgan fingerprint density at radius 1 is 1.50 bits per heavy atom. The van der Waals surface area contributed by atoms with Crippen molar-refractivity contribution in [2.45, 2.75) is 39.2 Å². The van der Waals surface area contributed by atoms with Crippen molar-refractivity contribution in [2.75, 3.05) is 13.6 Å². The summed E-state index contributed by atoms with van der Waals surface area (Å²) in [7, 11) is 1.88. The van der Waals surface area contributed by atoms with Crippen molar-refractivity contribution >= 4 is 5.91 Å². The van der Waals surface area contributed by atoms with Crippen molar-refractivity contribution in [3.05, 3.63) is 0 Å². The summed E-state index contributed by atoms with van der Waals surface area (Å²) in [6.45, 7) is 4.94. The molecule has 0 aromatic heterocycles. The van der Waals surface area contributed by atoms with E-state index in [-0.39, 0.29) is 11.8 Å². The van der Waals surface area contributed by atoms with E-state index in [0.717, 1.165) is 13.0 Å². The highest BCUT2D eigenvalue weighted by molar-refractivity contribution is 5.78. The fourth-order valence-electron chi connectivity index (χ4n) is 2.08. The summed E-state index contributed by atoms with van der Waals surface area (Å²) < 4.78 is 0. The number of hydrogen-bond donors (Lipinski definition) is 2. The summed E-state index contributed by atoms with van der Waals surface area (Å²) in [6, 6.07) is 0.418. The maximum Gasteiger partial charge on any atom is 0.224 e. The Morgan fingerprint density at radius 2 is 2.21 bits per heavy atom. The van der Waals surface area contributed by atoms with E-state index in [9.17, 15) is 4.79 Å². The van der Waals surface area contributed by atoms with Gasteiger partial charge < -0.3 is 10.6 Å². The summed E-state index contributed by atoms with van der Waals surface area (Å²) >= 11 is 0. The highest BCUT2D eigenvalue weighted by Crippen LogP contribution is 2.24. The molecule has 1 amide bonds. The van der Waals surface area contributed by atoms with Crippen LogP contribution in [0.5, 0.6) is 0 Å². The van der Waals surface area contributed by atoms with E-state index < -0.39 is 0 Å².